The number of aromatic nitrogens is 1. The molecule has 5 heteroatoms. The lowest BCUT2D eigenvalue weighted by atomic mass is 10.3. The number of nitrogens with zero attached hydrogens (tertiary/aromatic N) is 1. The Morgan fingerprint density at radius 3 is 2.94 bits per heavy atom. The first-order valence-electron chi connectivity index (χ1n) is 5.66. The normalized spacial score (nSPS) is 16.4. The molecule has 1 aliphatic carbocycles. The molecule has 17 heavy (non-hydrogen) atoms. The number of amides is 1. The Kier molecular flexibility index (Phi) is 3.57. The average molecular weight is 251 g/mol. The van der Waals surface area contributed by atoms with Crippen LogP contribution in [0.1, 0.15) is 23.3 Å². The Bertz CT molecular complexity index is 418. The zero-order valence-corrected chi connectivity index (χ0v) is 10.9. The molecule has 4 nitrogen and oxygen atoms in total. The first-order valence-corrected chi connectivity index (χ1v) is 6.89. The molecule has 1 amide bonds. The van der Waals surface area contributed by atoms with Gasteiger partial charge in [-0.3, -0.25) is 9.78 Å². The predicted octanol–water partition coefficient (Wildman–Crippen LogP) is 1.75. The third-order valence-electron chi connectivity index (χ3n) is 3.08. The van der Waals surface area contributed by atoms with Crippen LogP contribution in [0.15, 0.2) is 18.3 Å². The van der Waals surface area contributed by atoms with E-state index in [9.17, 15) is 4.79 Å². The topological polar surface area (TPSA) is 54.0 Å². The van der Waals surface area contributed by atoms with Gasteiger partial charge in [0.1, 0.15) is 5.69 Å². The van der Waals surface area contributed by atoms with E-state index in [4.69, 9.17) is 0 Å². The highest BCUT2D eigenvalue weighted by atomic mass is 32.2. The second kappa shape index (κ2) is 4.96. The average Bonchev–Trinajstić information content (AvgIpc) is 3.16. The summed E-state index contributed by atoms with van der Waals surface area (Å²) in [5.41, 5.74) is 1.41. The Morgan fingerprint density at radius 2 is 2.35 bits per heavy atom. The van der Waals surface area contributed by atoms with Gasteiger partial charge in [-0.25, -0.2) is 0 Å². The molecule has 1 aromatic heterocycles. The molecule has 1 saturated carbocycles. The van der Waals surface area contributed by atoms with Crippen LogP contribution in [0.3, 0.4) is 0 Å². The first-order chi connectivity index (χ1) is 8.19. The highest BCUT2D eigenvalue weighted by Crippen LogP contribution is 2.46. The number of hydrogen-bond donors (Lipinski definition) is 2. The summed E-state index contributed by atoms with van der Waals surface area (Å²) in [6.07, 6.45) is 6.35. The molecule has 1 fully saturated rings. The van der Waals surface area contributed by atoms with Crippen molar-refractivity contribution in [1.82, 2.24) is 10.3 Å². The van der Waals surface area contributed by atoms with Gasteiger partial charge in [0.25, 0.3) is 5.91 Å². The second-order valence-electron chi connectivity index (χ2n) is 4.25. The van der Waals surface area contributed by atoms with Crippen LogP contribution in [0, 0.1) is 0 Å². The third kappa shape index (κ3) is 2.91. The van der Waals surface area contributed by atoms with Gasteiger partial charge in [0.05, 0.1) is 0 Å². The monoisotopic (exact) mass is 251 g/mol. The fraction of sp³-hybridized carbons (Fsp3) is 0.500. The second-order valence-corrected chi connectivity index (χ2v) is 5.52. The van der Waals surface area contributed by atoms with Gasteiger partial charge in [0.2, 0.25) is 0 Å². The lowest BCUT2D eigenvalue weighted by molar-refractivity contribution is 0.0958. The zero-order valence-electron chi connectivity index (χ0n) is 10.1. The molecule has 0 aliphatic heterocycles. The van der Waals surface area contributed by atoms with E-state index >= 15 is 0 Å². The Labute approximate surface area is 106 Å². The summed E-state index contributed by atoms with van der Waals surface area (Å²) < 4.78 is 0.413. The minimum atomic E-state index is -0.153. The van der Waals surface area contributed by atoms with E-state index in [0.717, 1.165) is 12.2 Å². The van der Waals surface area contributed by atoms with E-state index in [0.29, 0.717) is 10.4 Å². The number of carbonyl (C=O) groups is 1. The van der Waals surface area contributed by atoms with Crippen molar-refractivity contribution in [2.75, 3.05) is 25.2 Å². The molecule has 92 valence electrons. The van der Waals surface area contributed by atoms with Gasteiger partial charge in [0.15, 0.2) is 0 Å². The van der Waals surface area contributed by atoms with Crippen molar-refractivity contribution in [1.29, 1.82) is 0 Å². The molecule has 0 atom stereocenters. The van der Waals surface area contributed by atoms with E-state index < -0.39 is 0 Å². The van der Waals surface area contributed by atoms with Gasteiger partial charge in [-0.15, -0.1) is 0 Å². The summed E-state index contributed by atoms with van der Waals surface area (Å²) in [5, 5.41) is 5.95. The van der Waals surface area contributed by atoms with Crippen molar-refractivity contribution < 1.29 is 4.79 Å². The number of rotatable bonds is 5. The minimum absolute atomic E-state index is 0.153. The lowest BCUT2D eigenvalue weighted by Gasteiger charge is -2.14. The molecule has 0 unspecified atom stereocenters. The Hall–Kier alpha value is -1.23. The van der Waals surface area contributed by atoms with E-state index in [-0.39, 0.29) is 5.91 Å². The van der Waals surface area contributed by atoms with Crippen LogP contribution in [0.5, 0.6) is 0 Å². The first kappa shape index (κ1) is 12.2. The smallest absolute Gasteiger partial charge is 0.269 e. The van der Waals surface area contributed by atoms with Gasteiger partial charge in [-0.1, -0.05) is 0 Å². The number of carbonyl (C=O) groups excluding carboxylic acids is 1. The van der Waals surface area contributed by atoms with Crippen LogP contribution in [-0.2, 0) is 0 Å². The Morgan fingerprint density at radius 1 is 1.59 bits per heavy atom. The van der Waals surface area contributed by atoms with Crippen LogP contribution < -0.4 is 10.6 Å². The number of nitrogens with one attached hydrogen (secondary N) is 2. The van der Waals surface area contributed by atoms with E-state index in [1.807, 2.05) is 17.8 Å². The van der Waals surface area contributed by atoms with Crippen molar-refractivity contribution in [3.63, 3.8) is 0 Å². The van der Waals surface area contributed by atoms with Gasteiger partial charge < -0.3 is 10.6 Å². The highest BCUT2D eigenvalue weighted by Gasteiger charge is 2.41. The summed E-state index contributed by atoms with van der Waals surface area (Å²) in [7, 11) is 1.61. The number of pyridine rings is 1. The van der Waals surface area contributed by atoms with Crippen molar-refractivity contribution >= 4 is 23.4 Å². The van der Waals surface area contributed by atoms with Crippen molar-refractivity contribution in [2.45, 2.75) is 17.6 Å². The fourth-order valence-electron chi connectivity index (χ4n) is 1.65. The molecule has 2 rings (SSSR count). The SMILES string of the molecule is CNC(=O)c1cc(NCC2(SC)CC2)ccn1. The summed E-state index contributed by atoms with van der Waals surface area (Å²) in [6.45, 7) is 0.950. The van der Waals surface area contributed by atoms with Crippen LogP contribution in [-0.4, -0.2) is 35.5 Å². The molecular weight excluding hydrogens is 234 g/mol. The fourth-order valence-corrected chi connectivity index (χ4v) is 2.38. The van der Waals surface area contributed by atoms with Gasteiger partial charge in [-0.2, -0.15) is 11.8 Å². The highest BCUT2D eigenvalue weighted by molar-refractivity contribution is 8.00. The van der Waals surface area contributed by atoms with Gasteiger partial charge in [-0.05, 0) is 31.2 Å². The van der Waals surface area contributed by atoms with Crippen LogP contribution in [0.4, 0.5) is 5.69 Å². The zero-order chi connectivity index (χ0) is 12.3. The van der Waals surface area contributed by atoms with Crippen molar-refractivity contribution in [3.8, 4) is 0 Å². The van der Waals surface area contributed by atoms with Gasteiger partial charge >= 0.3 is 0 Å². The van der Waals surface area contributed by atoms with Gasteiger partial charge in [0, 0.05) is 30.2 Å². The summed E-state index contributed by atoms with van der Waals surface area (Å²) in [4.78, 5) is 15.5. The van der Waals surface area contributed by atoms with Crippen molar-refractivity contribution in [3.05, 3.63) is 24.0 Å². The summed E-state index contributed by atoms with van der Waals surface area (Å²) in [5.74, 6) is -0.153. The maximum atomic E-state index is 11.4. The van der Waals surface area contributed by atoms with Crippen molar-refractivity contribution in [2.24, 2.45) is 0 Å². The molecule has 1 aromatic rings. The number of hydrogen-bond acceptors (Lipinski definition) is 4. The Balaban J connectivity index is 1.99. The molecule has 1 heterocycles. The minimum Gasteiger partial charge on any atom is -0.384 e. The molecular formula is C12H17N3OS. The standard InChI is InChI=1S/C12H17N3OS/c1-13-11(16)10-7-9(3-6-14-10)15-8-12(17-2)4-5-12/h3,6-7H,4-5,8H2,1-2H3,(H,13,16)(H,14,15). The molecule has 0 saturated heterocycles. The largest absolute Gasteiger partial charge is 0.384 e. The number of thioether (sulfide) groups is 1. The molecule has 1 aliphatic rings. The molecule has 0 radical (unpaired) electrons. The van der Waals surface area contributed by atoms with E-state index in [1.165, 1.54) is 12.8 Å². The van der Waals surface area contributed by atoms with Crippen LogP contribution in [0.2, 0.25) is 0 Å². The molecule has 0 aromatic carbocycles. The summed E-state index contributed by atoms with van der Waals surface area (Å²) >= 11 is 1.92. The molecule has 0 bridgehead atoms. The maximum Gasteiger partial charge on any atom is 0.269 e. The third-order valence-corrected chi connectivity index (χ3v) is 4.49. The predicted molar refractivity (Wildman–Crippen MR) is 71.6 cm³/mol. The quantitative estimate of drug-likeness (QED) is 0.837. The summed E-state index contributed by atoms with van der Waals surface area (Å²) in [6, 6.07) is 3.68. The lowest BCUT2D eigenvalue weighted by Crippen LogP contribution is -2.20. The number of anilines is 1. The van der Waals surface area contributed by atoms with E-state index in [2.05, 4.69) is 21.9 Å². The molecule has 0 spiro atoms. The van der Waals surface area contributed by atoms with Crippen LogP contribution in [0.25, 0.3) is 0 Å². The molecule has 2 N–H and O–H groups in total. The van der Waals surface area contributed by atoms with E-state index in [1.54, 1.807) is 19.3 Å². The van der Waals surface area contributed by atoms with Crippen LogP contribution >= 0.6 is 11.8 Å². The maximum absolute atomic E-state index is 11.4.